The van der Waals surface area contributed by atoms with Gasteiger partial charge in [-0.3, -0.25) is 9.59 Å². The Kier molecular flexibility index (Phi) is 4.53. The number of nitrogens with zero attached hydrogens (tertiary/aromatic N) is 1. The zero-order valence-corrected chi connectivity index (χ0v) is 10.8. The van der Waals surface area contributed by atoms with Crippen molar-refractivity contribution in [1.29, 1.82) is 0 Å². The van der Waals surface area contributed by atoms with E-state index in [1.807, 2.05) is 0 Å². The molecule has 1 aliphatic rings. The third-order valence-electron chi connectivity index (χ3n) is 3.21. The molecule has 0 N–H and O–H groups in total. The number of rotatable bonds is 5. The van der Waals surface area contributed by atoms with Gasteiger partial charge in [0.1, 0.15) is 0 Å². The van der Waals surface area contributed by atoms with E-state index in [0.29, 0.717) is 0 Å². The van der Waals surface area contributed by atoms with Gasteiger partial charge >= 0.3 is 0 Å². The molecule has 0 aromatic heterocycles. The Hall–Kier alpha value is -0.380. The standard InChI is InChI=1S/C10H16B2NO2S/c1-4-10(3,5-2)16-7-6-8(14)13(12-11)9(7)15/h7H,4-6H2,1-3H3. The van der Waals surface area contributed by atoms with E-state index in [1.54, 1.807) is 11.8 Å². The third kappa shape index (κ3) is 2.65. The fourth-order valence-electron chi connectivity index (χ4n) is 1.63. The van der Waals surface area contributed by atoms with Crippen LogP contribution in [0.1, 0.15) is 40.0 Å². The topological polar surface area (TPSA) is 37.4 Å². The Bertz CT molecular complexity index is 295. The summed E-state index contributed by atoms with van der Waals surface area (Å²) < 4.78 is 0.0607. The van der Waals surface area contributed by atoms with Gasteiger partial charge in [-0.05, 0) is 12.8 Å². The number of thioether (sulfide) groups is 1. The Balaban J connectivity index is 2.70. The maximum Gasteiger partial charge on any atom is 0.229 e. The molecule has 0 aromatic carbocycles. The first-order valence-electron chi connectivity index (χ1n) is 5.56. The number of carbonyl (C=O) groups is 2. The van der Waals surface area contributed by atoms with E-state index in [1.165, 1.54) is 0 Å². The van der Waals surface area contributed by atoms with Gasteiger partial charge in [0, 0.05) is 18.9 Å². The van der Waals surface area contributed by atoms with Gasteiger partial charge in [-0.15, -0.1) is 11.8 Å². The van der Waals surface area contributed by atoms with Gasteiger partial charge in [0.15, 0.2) is 7.31 Å². The molecule has 3 nitrogen and oxygen atoms in total. The van der Waals surface area contributed by atoms with E-state index in [-0.39, 0.29) is 28.2 Å². The monoisotopic (exact) mass is 236 g/mol. The fourth-order valence-corrected chi connectivity index (χ4v) is 3.09. The highest BCUT2D eigenvalue weighted by molar-refractivity contribution is 8.02. The van der Waals surface area contributed by atoms with Gasteiger partial charge in [-0.25, -0.2) is 0 Å². The molecule has 0 aliphatic carbocycles. The van der Waals surface area contributed by atoms with Crippen LogP contribution in [0.25, 0.3) is 0 Å². The lowest BCUT2D eigenvalue weighted by Crippen LogP contribution is -2.36. The quantitative estimate of drug-likeness (QED) is 0.530. The van der Waals surface area contributed by atoms with Crippen molar-refractivity contribution in [2.45, 2.75) is 50.0 Å². The van der Waals surface area contributed by atoms with Crippen molar-refractivity contribution < 1.29 is 9.59 Å². The summed E-state index contributed by atoms with van der Waals surface area (Å²) in [4.78, 5) is 24.3. The largest absolute Gasteiger partial charge is 0.343 e. The molecule has 0 saturated carbocycles. The van der Waals surface area contributed by atoms with Crippen molar-refractivity contribution in [3.8, 4) is 0 Å². The van der Waals surface area contributed by atoms with E-state index in [0.717, 1.165) is 25.0 Å². The highest BCUT2D eigenvalue weighted by Crippen LogP contribution is 2.39. The summed E-state index contributed by atoms with van der Waals surface area (Å²) in [5.41, 5.74) is 0. The van der Waals surface area contributed by atoms with Gasteiger partial charge in [-0.1, -0.05) is 20.8 Å². The van der Waals surface area contributed by atoms with Crippen molar-refractivity contribution in [1.82, 2.24) is 4.81 Å². The summed E-state index contributed by atoms with van der Waals surface area (Å²) in [6.07, 6.45) is 2.24. The highest BCUT2D eigenvalue weighted by atomic mass is 32.2. The second-order valence-electron chi connectivity index (χ2n) is 4.22. The van der Waals surface area contributed by atoms with Crippen LogP contribution in [0.4, 0.5) is 0 Å². The molecule has 1 heterocycles. The van der Waals surface area contributed by atoms with Crippen LogP contribution in [0.3, 0.4) is 0 Å². The zero-order valence-electron chi connectivity index (χ0n) is 10.0. The summed E-state index contributed by atoms with van der Waals surface area (Å²) in [7, 11) is 6.33. The first-order chi connectivity index (χ1) is 7.47. The average molecular weight is 236 g/mol. The SMILES string of the molecule is [B][B]N1C(=O)CC(SC(C)(CC)CC)C1=O. The lowest BCUT2D eigenvalue weighted by Gasteiger charge is -2.28. The molecular weight excluding hydrogens is 220 g/mol. The smallest absolute Gasteiger partial charge is 0.229 e. The molecule has 0 aromatic rings. The Morgan fingerprint density at radius 1 is 1.50 bits per heavy atom. The number of hydrogen-bond donors (Lipinski definition) is 0. The van der Waals surface area contributed by atoms with Gasteiger partial charge in [0.05, 0.1) is 5.25 Å². The number of carbonyl (C=O) groups excluding carboxylic acids is 2. The third-order valence-corrected chi connectivity index (χ3v) is 5.01. The summed E-state index contributed by atoms with van der Waals surface area (Å²) in [6.45, 7) is 6.33. The molecule has 0 spiro atoms. The first-order valence-corrected chi connectivity index (χ1v) is 6.44. The van der Waals surface area contributed by atoms with Crippen LogP contribution in [0.2, 0.25) is 0 Å². The minimum absolute atomic E-state index is 0.0607. The predicted octanol–water partition coefficient (Wildman–Crippen LogP) is 1.13. The maximum atomic E-state index is 11.8. The summed E-state index contributed by atoms with van der Waals surface area (Å²) in [5.74, 6) is -0.370. The van der Waals surface area contributed by atoms with Gasteiger partial charge in [-0.2, -0.15) is 0 Å². The minimum atomic E-state index is -0.266. The second-order valence-corrected chi connectivity index (χ2v) is 6.01. The molecule has 1 atom stereocenters. The molecule has 16 heavy (non-hydrogen) atoms. The van der Waals surface area contributed by atoms with E-state index < -0.39 is 0 Å². The molecule has 6 heteroatoms. The van der Waals surface area contributed by atoms with E-state index in [9.17, 15) is 9.59 Å². The van der Waals surface area contributed by atoms with E-state index in [4.69, 9.17) is 7.74 Å². The molecule has 0 bridgehead atoms. The summed E-state index contributed by atoms with van der Waals surface area (Å²) in [6, 6.07) is 0. The van der Waals surface area contributed by atoms with Gasteiger partial charge in [0.2, 0.25) is 11.8 Å². The van der Waals surface area contributed by atoms with Crippen molar-refractivity contribution in [3.05, 3.63) is 0 Å². The van der Waals surface area contributed by atoms with Crippen LogP contribution in [0.15, 0.2) is 0 Å². The van der Waals surface area contributed by atoms with Crippen molar-refractivity contribution in [2.24, 2.45) is 0 Å². The van der Waals surface area contributed by atoms with Crippen LogP contribution < -0.4 is 0 Å². The molecular formula is C10H16B2NO2S. The Labute approximate surface area is 103 Å². The van der Waals surface area contributed by atoms with Crippen LogP contribution >= 0.6 is 11.8 Å². The predicted molar refractivity (Wildman–Crippen MR) is 68.3 cm³/mol. The highest BCUT2D eigenvalue weighted by Gasteiger charge is 2.40. The Morgan fingerprint density at radius 3 is 2.44 bits per heavy atom. The lowest BCUT2D eigenvalue weighted by molar-refractivity contribution is -0.132. The normalized spacial score (nSPS) is 21.7. The average Bonchev–Trinajstić information content (AvgIpc) is 2.53. The van der Waals surface area contributed by atoms with Crippen LogP contribution in [0, 0.1) is 0 Å². The first kappa shape index (κ1) is 13.7. The van der Waals surface area contributed by atoms with Gasteiger partial charge in [0.25, 0.3) is 0 Å². The maximum absolute atomic E-state index is 11.8. The molecule has 1 unspecified atom stereocenters. The summed E-state index contributed by atoms with van der Waals surface area (Å²) >= 11 is 1.60. The molecule has 3 radical (unpaired) electrons. The Morgan fingerprint density at radius 2 is 2.06 bits per heavy atom. The van der Waals surface area contributed by atoms with E-state index >= 15 is 0 Å². The fraction of sp³-hybridized carbons (Fsp3) is 0.800. The molecule has 1 fully saturated rings. The number of hydrogen-bond acceptors (Lipinski definition) is 3. The minimum Gasteiger partial charge on any atom is -0.343 e. The number of imide groups is 1. The summed E-state index contributed by atoms with van der Waals surface area (Å²) in [5, 5.41) is -0.266. The molecule has 1 aliphatic heterocycles. The van der Waals surface area contributed by atoms with Crippen molar-refractivity contribution >= 4 is 38.6 Å². The van der Waals surface area contributed by atoms with Crippen LogP contribution in [-0.2, 0) is 9.59 Å². The van der Waals surface area contributed by atoms with Crippen molar-refractivity contribution in [3.63, 3.8) is 0 Å². The van der Waals surface area contributed by atoms with Crippen LogP contribution in [0.5, 0.6) is 0 Å². The number of amides is 2. The van der Waals surface area contributed by atoms with E-state index in [2.05, 4.69) is 20.8 Å². The molecule has 85 valence electrons. The second kappa shape index (κ2) is 5.30. The molecule has 2 amide bonds. The van der Waals surface area contributed by atoms with Gasteiger partial charge < -0.3 is 4.81 Å². The lowest BCUT2D eigenvalue weighted by atomic mass is 9.65. The molecule has 1 saturated heterocycles. The molecule has 1 rings (SSSR count). The van der Waals surface area contributed by atoms with Crippen LogP contribution in [-0.4, -0.2) is 41.7 Å². The zero-order chi connectivity index (χ0) is 12.3. The van der Waals surface area contributed by atoms with Crippen molar-refractivity contribution in [2.75, 3.05) is 0 Å².